The lowest BCUT2D eigenvalue weighted by Crippen LogP contribution is -2.08. The molecule has 0 aromatic carbocycles. The molecule has 2 aromatic heterocycles. The van der Waals surface area contributed by atoms with Crippen LogP contribution in [0.5, 0.6) is 0 Å². The van der Waals surface area contributed by atoms with Gasteiger partial charge in [0.1, 0.15) is 0 Å². The Balaban J connectivity index is 1.95. The minimum absolute atomic E-state index is 0.723. The first-order chi connectivity index (χ1) is 8.40. The van der Waals surface area contributed by atoms with Crippen molar-refractivity contribution in [2.75, 3.05) is 11.9 Å². The van der Waals surface area contributed by atoms with Gasteiger partial charge in [0, 0.05) is 43.8 Å². The Morgan fingerprint density at radius 1 is 1.29 bits per heavy atom. The molecule has 0 aliphatic carbocycles. The van der Waals surface area contributed by atoms with Gasteiger partial charge in [-0.1, -0.05) is 12.1 Å². The van der Waals surface area contributed by atoms with Crippen LogP contribution in [-0.2, 0) is 13.0 Å². The van der Waals surface area contributed by atoms with E-state index in [9.17, 15) is 0 Å². The van der Waals surface area contributed by atoms with E-state index >= 15 is 0 Å². The summed E-state index contributed by atoms with van der Waals surface area (Å²) in [6, 6.07) is 5.97. The van der Waals surface area contributed by atoms with Crippen LogP contribution in [0.2, 0.25) is 0 Å². The zero-order valence-corrected chi connectivity index (χ0v) is 9.71. The van der Waals surface area contributed by atoms with Gasteiger partial charge in [0.25, 0.3) is 0 Å². The maximum atomic E-state index is 4.30. The van der Waals surface area contributed by atoms with Crippen LogP contribution in [0, 0.1) is 0 Å². The predicted octanol–water partition coefficient (Wildman–Crippen LogP) is 2.12. The van der Waals surface area contributed by atoms with Crippen molar-refractivity contribution in [1.82, 2.24) is 14.5 Å². The Morgan fingerprint density at radius 3 is 3.00 bits per heavy atom. The van der Waals surface area contributed by atoms with E-state index < -0.39 is 0 Å². The molecule has 0 aliphatic rings. The molecular formula is C13H16N4. The lowest BCUT2D eigenvalue weighted by Gasteiger charge is -2.07. The minimum atomic E-state index is 0.723. The number of aromatic nitrogens is 3. The van der Waals surface area contributed by atoms with Gasteiger partial charge in [0.15, 0.2) is 0 Å². The zero-order chi connectivity index (χ0) is 11.9. The maximum Gasteiger partial charge on any atom is 0.203 e. The Kier molecular flexibility index (Phi) is 3.91. The molecule has 0 atom stereocenters. The van der Waals surface area contributed by atoms with Crippen LogP contribution in [0.3, 0.4) is 0 Å². The molecule has 0 amide bonds. The summed E-state index contributed by atoms with van der Waals surface area (Å²) in [6.45, 7) is 5.27. The van der Waals surface area contributed by atoms with Gasteiger partial charge in [-0.15, -0.1) is 6.58 Å². The summed E-state index contributed by atoms with van der Waals surface area (Å²) < 4.78 is 2.08. The van der Waals surface area contributed by atoms with Crippen molar-refractivity contribution >= 4 is 5.95 Å². The van der Waals surface area contributed by atoms with Gasteiger partial charge in [-0.25, -0.2) is 4.98 Å². The normalized spacial score (nSPS) is 10.1. The van der Waals surface area contributed by atoms with Crippen molar-refractivity contribution in [2.24, 2.45) is 0 Å². The maximum absolute atomic E-state index is 4.30. The van der Waals surface area contributed by atoms with Crippen LogP contribution in [0.25, 0.3) is 0 Å². The number of rotatable bonds is 6. The van der Waals surface area contributed by atoms with E-state index in [4.69, 9.17) is 0 Å². The van der Waals surface area contributed by atoms with E-state index in [1.165, 1.54) is 0 Å². The van der Waals surface area contributed by atoms with E-state index in [1.807, 2.05) is 36.7 Å². The van der Waals surface area contributed by atoms with Gasteiger partial charge in [-0.05, 0) is 12.1 Å². The molecule has 0 spiro atoms. The largest absolute Gasteiger partial charge is 0.352 e. The first-order valence-corrected chi connectivity index (χ1v) is 5.66. The molecule has 0 unspecified atom stereocenters. The Labute approximate surface area is 101 Å². The van der Waals surface area contributed by atoms with Crippen LogP contribution in [0.4, 0.5) is 5.95 Å². The lowest BCUT2D eigenvalue weighted by molar-refractivity contribution is 0.690. The molecule has 0 saturated heterocycles. The Hall–Kier alpha value is -2.10. The van der Waals surface area contributed by atoms with Gasteiger partial charge in [0.2, 0.25) is 5.95 Å². The topological polar surface area (TPSA) is 42.7 Å². The highest BCUT2D eigenvalue weighted by Crippen LogP contribution is 2.06. The number of hydrogen-bond donors (Lipinski definition) is 1. The van der Waals surface area contributed by atoms with Crippen molar-refractivity contribution in [2.45, 2.75) is 13.0 Å². The molecule has 0 bridgehead atoms. The molecule has 0 saturated carbocycles. The van der Waals surface area contributed by atoms with Crippen molar-refractivity contribution in [3.63, 3.8) is 0 Å². The molecular weight excluding hydrogens is 212 g/mol. The molecule has 17 heavy (non-hydrogen) atoms. The summed E-state index contributed by atoms with van der Waals surface area (Å²) in [5.41, 5.74) is 1.09. The van der Waals surface area contributed by atoms with Crippen LogP contribution in [-0.4, -0.2) is 21.1 Å². The average molecular weight is 228 g/mol. The van der Waals surface area contributed by atoms with Gasteiger partial charge in [-0.3, -0.25) is 4.98 Å². The second-order valence-corrected chi connectivity index (χ2v) is 3.68. The first-order valence-electron chi connectivity index (χ1n) is 5.66. The lowest BCUT2D eigenvalue weighted by atomic mass is 10.3. The summed E-state index contributed by atoms with van der Waals surface area (Å²) in [5, 5.41) is 3.19. The van der Waals surface area contributed by atoms with Crippen LogP contribution < -0.4 is 5.32 Å². The SMILES string of the molecule is C=CCNc1nccn1CCc1ccccn1. The van der Waals surface area contributed by atoms with E-state index in [1.54, 1.807) is 6.20 Å². The van der Waals surface area contributed by atoms with Crippen molar-refractivity contribution in [3.8, 4) is 0 Å². The van der Waals surface area contributed by atoms with Gasteiger partial charge < -0.3 is 9.88 Å². The number of aryl methyl sites for hydroxylation is 2. The minimum Gasteiger partial charge on any atom is -0.352 e. The molecule has 1 N–H and O–H groups in total. The molecule has 88 valence electrons. The van der Waals surface area contributed by atoms with Crippen LogP contribution in [0.1, 0.15) is 5.69 Å². The smallest absolute Gasteiger partial charge is 0.203 e. The first kappa shape index (κ1) is 11.4. The molecule has 4 heteroatoms. The molecule has 2 heterocycles. The molecule has 0 fully saturated rings. The quantitative estimate of drug-likeness (QED) is 0.770. The van der Waals surface area contributed by atoms with Crippen molar-refractivity contribution in [3.05, 3.63) is 55.1 Å². The predicted molar refractivity (Wildman–Crippen MR) is 68.9 cm³/mol. The number of hydrogen-bond acceptors (Lipinski definition) is 3. The van der Waals surface area contributed by atoms with Crippen molar-refractivity contribution < 1.29 is 0 Å². The van der Waals surface area contributed by atoms with E-state index in [2.05, 4.69) is 26.4 Å². The van der Waals surface area contributed by atoms with E-state index in [0.29, 0.717) is 0 Å². The van der Waals surface area contributed by atoms with Gasteiger partial charge >= 0.3 is 0 Å². The number of anilines is 1. The van der Waals surface area contributed by atoms with Gasteiger partial charge in [0.05, 0.1) is 0 Å². The summed E-state index contributed by atoms with van der Waals surface area (Å²) in [6.07, 6.45) is 8.30. The number of imidazole rings is 1. The molecule has 2 aromatic rings. The summed E-state index contributed by atoms with van der Waals surface area (Å²) in [7, 11) is 0. The highest BCUT2D eigenvalue weighted by atomic mass is 15.2. The zero-order valence-electron chi connectivity index (χ0n) is 9.71. The molecule has 4 nitrogen and oxygen atoms in total. The number of nitrogens with one attached hydrogen (secondary N) is 1. The number of nitrogens with zero attached hydrogens (tertiary/aromatic N) is 3. The summed E-state index contributed by atoms with van der Waals surface area (Å²) >= 11 is 0. The fraction of sp³-hybridized carbons (Fsp3) is 0.231. The summed E-state index contributed by atoms with van der Waals surface area (Å²) in [5.74, 6) is 0.876. The van der Waals surface area contributed by atoms with E-state index in [0.717, 1.165) is 31.2 Å². The van der Waals surface area contributed by atoms with E-state index in [-0.39, 0.29) is 0 Å². The Morgan fingerprint density at radius 2 is 2.24 bits per heavy atom. The highest BCUT2D eigenvalue weighted by Gasteiger charge is 2.01. The van der Waals surface area contributed by atoms with Crippen molar-refractivity contribution in [1.29, 1.82) is 0 Å². The number of pyridine rings is 1. The third-order valence-electron chi connectivity index (χ3n) is 2.45. The average Bonchev–Trinajstić information content (AvgIpc) is 2.82. The molecule has 0 radical (unpaired) electrons. The third kappa shape index (κ3) is 3.17. The molecule has 2 rings (SSSR count). The van der Waals surface area contributed by atoms with Gasteiger partial charge in [-0.2, -0.15) is 0 Å². The second kappa shape index (κ2) is 5.84. The highest BCUT2D eigenvalue weighted by molar-refractivity contribution is 5.26. The molecule has 0 aliphatic heterocycles. The fourth-order valence-electron chi connectivity index (χ4n) is 1.60. The standard InChI is InChI=1S/C13H16N4/c1-2-7-15-13-16-9-11-17(13)10-6-12-5-3-4-8-14-12/h2-5,8-9,11H,1,6-7,10H2,(H,15,16). The van der Waals surface area contributed by atoms with Crippen LogP contribution >= 0.6 is 0 Å². The Bertz CT molecular complexity index is 461. The fourth-order valence-corrected chi connectivity index (χ4v) is 1.60. The third-order valence-corrected chi connectivity index (χ3v) is 2.45. The monoisotopic (exact) mass is 228 g/mol. The summed E-state index contributed by atoms with van der Waals surface area (Å²) in [4.78, 5) is 8.55. The van der Waals surface area contributed by atoms with Crippen LogP contribution in [0.15, 0.2) is 49.4 Å². The second-order valence-electron chi connectivity index (χ2n) is 3.68.